The summed E-state index contributed by atoms with van der Waals surface area (Å²) in [6.45, 7) is 2.43. The van der Waals surface area contributed by atoms with Gasteiger partial charge in [-0.1, -0.05) is 36.7 Å². The Labute approximate surface area is 143 Å². The van der Waals surface area contributed by atoms with E-state index in [9.17, 15) is 9.90 Å². The van der Waals surface area contributed by atoms with Crippen molar-refractivity contribution in [1.29, 1.82) is 0 Å². The Morgan fingerprint density at radius 3 is 2.43 bits per heavy atom. The largest absolute Gasteiger partial charge is 0.481 e. The van der Waals surface area contributed by atoms with E-state index in [-0.39, 0.29) is 5.41 Å². The number of hydrogen-bond acceptors (Lipinski definition) is 1. The van der Waals surface area contributed by atoms with Crippen LogP contribution in [0.15, 0.2) is 24.3 Å². The lowest BCUT2D eigenvalue weighted by Gasteiger charge is -2.65. The molecule has 2 atom stereocenters. The number of rotatable bonds is 4. The van der Waals surface area contributed by atoms with Gasteiger partial charge in [0.05, 0.1) is 6.42 Å². The molecule has 3 heteroatoms. The fraction of sp³-hybridized carbons (Fsp3) is 0.650. The minimum atomic E-state index is -0.644. The quantitative estimate of drug-likeness (QED) is 0.823. The Bertz CT molecular complexity index is 622. The van der Waals surface area contributed by atoms with E-state index in [4.69, 9.17) is 11.6 Å². The van der Waals surface area contributed by atoms with Gasteiger partial charge in [-0.05, 0) is 78.7 Å². The van der Waals surface area contributed by atoms with Gasteiger partial charge in [-0.15, -0.1) is 0 Å². The Morgan fingerprint density at radius 1 is 1.22 bits per heavy atom. The van der Waals surface area contributed by atoms with Gasteiger partial charge in [-0.3, -0.25) is 4.79 Å². The van der Waals surface area contributed by atoms with Gasteiger partial charge in [-0.25, -0.2) is 0 Å². The summed E-state index contributed by atoms with van der Waals surface area (Å²) in [5.41, 5.74) is 1.50. The van der Waals surface area contributed by atoms with Crippen LogP contribution in [0, 0.1) is 28.6 Å². The highest BCUT2D eigenvalue weighted by Crippen LogP contribution is 2.68. The van der Waals surface area contributed by atoms with Crippen molar-refractivity contribution in [2.75, 3.05) is 0 Å². The second-order valence-electron chi connectivity index (χ2n) is 8.73. The fourth-order valence-electron chi connectivity index (χ4n) is 6.50. The molecular formula is C20H25ClO2. The molecule has 1 aromatic carbocycles. The predicted molar refractivity (Wildman–Crippen MR) is 91.5 cm³/mol. The van der Waals surface area contributed by atoms with Crippen LogP contribution in [0.1, 0.15) is 51.0 Å². The third-order valence-electron chi connectivity index (χ3n) is 7.08. The first-order valence-electron chi connectivity index (χ1n) is 8.85. The first-order valence-corrected chi connectivity index (χ1v) is 9.23. The van der Waals surface area contributed by atoms with Gasteiger partial charge in [0, 0.05) is 5.02 Å². The number of aliphatic carboxylic acids is 1. The van der Waals surface area contributed by atoms with Crippen molar-refractivity contribution in [3.8, 4) is 0 Å². The van der Waals surface area contributed by atoms with Crippen molar-refractivity contribution >= 4 is 17.6 Å². The molecular weight excluding hydrogens is 308 g/mol. The Morgan fingerprint density at radius 2 is 1.87 bits per heavy atom. The molecule has 23 heavy (non-hydrogen) atoms. The fourth-order valence-corrected chi connectivity index (χ4v) is 6.70. The molecule has 0 spiro atoms. The summed E-state index contributed by atoms with van der Waals surface area (Å²) >= 11 is 6.42. The Kier molecular flexibility index (Phi) is 3.53. The van der Waals surface area contributed by atoms with Crippen LogP contribution >= 0.6 is 11.6 Å². The lowest BCUT2D eigenvalue weighted by molar-refractivity contribution is -0.167. The minimum Gasteiger partial charge on any atom is -0.481 e. The van der Waals surface area contributed by atoms with Gasteiger partial charge in [0.2, 0.25) is 0 Å². The highest BCUT2D eigenvalue weighted by Gasteiger charge is 2.60. The molecule has 4 aliphatic carbocycles. The smallest absolute Gasteiger partial charge is 0.303 e. The molecule has 0 amide bonds. The molecule has 4 bridgehead atoms. The number of carboxylic acid groups (broad SMARTS) is 1. The van der Waals surface area contributed by atoms with E-state index in [1.54, 1.807) is 0 Å². The van der Waals surface area contributed by atoms with E-state index in [0.717, 1.165) is 22.9 Å². The van der Waals surface area contributed by atoms with Crippen LogP contribution in [0.25, 0.3) is 0 Å². The molecule has 4 aliphatic rings. The molecule has 2 nitrogen and oxygen atoms in total. The van der Waals surface area contributed by atoms with E-state index in [1.165, 1.54) is 32.1 Å². The van der Waals surface area contributed by atoms with E-state index in [2.05, 4.69) is 13.0 Å². The summed E-state index contributed by atoms with van der Waals surface area (Å²) < 4.78 is 0. The molecule has 2 unspecified atom stereocenters. The monoisotopic (exact) mass is 332 g/mol. The average Bonchev–Trinajstić information content (AvgIpc) is 2.45. The molecule has 0 aromatic heterocycles. The lowest BCUT2D eigenvalue weighted by atomic mass is 9.40. The number of halogens is 1. The number of carboxylic acids is 1. The molecule has 0 heterocycles. The maximum absolute atomic E-state index is 11.7. The molecule has 5 rings (SSSR count). The van der Waals surface area contributed by atoms with E-state index in [0.29, 0.717) is 23.7 Å². The van der Waals surface area contributed by atoms with Crippen LogP contribution in [0.4, 0.5) is 0 Å². The third kappa shape index (κ3) is 2.50. The van der Waals surface area contributed by atoms with Crippen molar-refractivity contribution in [3.05, 3.63) is 34.9 Å². The first kappa shape index (κ1) is 15.5. The number of carbonyl (C=O) groups is 1. The molecule has 0 aliphatic heterocycles. The van der Waals surface area contributed by atoms with Crippen molar-refractivity contribution < 1.29 is 9.90 Å². The molecule has 1 aromatic rings. The average molecular weight is 333 g/mol. The molecule has 4 saturated carbocycles. The topological polar surface area (TPSA) is 37.3 Å². The van der Waals surface area contributed by atoms with Gasteiger partial charge in [0.1, 0.15) is 0 Å². The van der Waals surface area contributed by atoms with Gasteiger partial charge < -0.3 is 5.11 Å². The van der Waals surface area contributed by atoms with Crippen LogP contribution in [-0.4, -0.2) is 11.1 Å². The van der Waals surface area contributed by atoms with Crippen LogP contribution in [0.3, 0.4) is 0 Å². The van der Waals surface area contributed by atoms with Gasteiger partial charge in [-0.2, -0.15) is 0 Å². The summed E-state index contributed by atoms with van der Waals surface area (Å²) in [5.74, 6) is 1.28. The zero-order valence-electron chi connectivity index (χ0n) is 13.7. The maximum Gasteiger partial charge on any atom is 0.303 e. The summed E-state index contributed by atoms with van der Waals surface area (Å²) in [5, 5.41) is 10.4. The molecule has 0 saturated heterocycles. The van der Waals surface area contributed by atoms with Crippen molar-refractivity contribution in [1.82, 2.24) is 0 Å². The van der Waals surface area contributed by atoms with Crippen LogP contribution in [-0.2, 0) is 11.2 Å². The third-order valence-corrected chi connectivity index (χ3v) is 7.45. The summed E-state index contributed by atoms with van der Waals surface area (Å²) in [6.07, 6.45) is 7.35. The zero-order valence-corrected chi connectivity index (χ0v) is 14.5. The summed E-state index contributed by atoms with van der Waals surface area (Å²) in [4.78, 5) is 11.7. The van der Waals surface area contributed by atoms with Crippen LogP contribution in [0.2, 0.25) is 5.02 Å². The second-order valence-corrected chi connectivity index (χ2v) is 9.13. The molecule has 124 valence electrons. The Balaban J connectivity index is 1.73. The molecule has 4 fully saturated rings. The van der Waals surface area contributed by atoms with Crippen LogP contribution < -0.4 is 0 Å². The summed E-state index contributed by atoms with van der Waals surface area (Å²) in [6, 6.07) is 7.99. The van der Waals surface area contributed by atoms with E-state index < -0.39 is 5.97 Å². The van der Waals surface area contributed by atoms with Crippen molar-refractivity contribution in [2.45, 2.75) is 51.9 Å². The standard InChI is InChI=1S/C20H25ClO2/c1-19-8-13-6-15(10-19)20(12-18(22)23,16(7-13)11-19)9-14-4-2-3-5-17(14)21/h2-5,13,15-16H,6-12H2,1H3,(H,22,23). The maximum atomic E-state index is 11.7. The second kappa shape index (κ2) is 5.24. The van der Waals surface area contributed by atoms with Gasteiger partial charge in [0.15, 0.2) is 0 Å². The summed E-state index contributed by atoms with van der Waals surface area (Å²) in [7, 11) is 0. The first-order chi connectivity index (χ1) is 10.9. The van der Waals surface area contributed by atoms with Crippen molar-refractivity contribution in [3.63, 3.8) is 0 Å². The number of hydrogen-bond donors (Lipinski definition) is 1. The van der Waals surface area contributed by atoms with E-state index >= 15 is 0 Å². The predicted octanol–water partition coefficient (Wildman–Crippen LogP) is 5.19. The zero-order chi connectivity index (χ0) is 16.2. The SMILES string of the molecule is CC12CC3CC(C1)C(CC(=O)O)(Cc1ccccc1Cl)C(C3)C2. The van der Waals surface area contributed by atoms with Crippen molar-refractivity contribution in [2.24, 2.45) is 28.6 Å². The van der Waals surface area contributed by atoms with Crippen LogP contribution in [0.5, 0.6) is 0 Å². The number of benzene rings is 1. The van der Waals surface area contributed by atoms with E-state index in [1.807, 2.05) is 18.2 Å². The van der Waals surface area contributed by atoms with Gasteiger partial charge in [0.25, 0.3) is 0 Å². The molecule has 0 radical (unpaired) electrons. The Hall–Kier alpha value is -1.02. The normalized spacial score (nSPS) is 41.2. The lowest BCUT2D eigenvalue weighted by Crippen LogP contribution is -2.57. The van der Waals surface area contributed by atoms with Gasteiger partial charge >= 0.3 is 5.97 Å². The molecule has 1 N–H and O–H groups in total. The highest BCUT2D eigenvalue weighted by atomic mass is 35.5. The highest BCUT2D eigenvalue weighted by molar-refractivity contribution is 6.31. The minimum absolute atomic E-state index is 0.0900.